The van der Waals surface area contributed by atoms with E-state index in [1.807, 2.05) is 26.8 Å². The molecule has 0 fully saturated rings. The number of methoxy groups -OCH3 is 1. The topological polar surface area (TPSA) is 92.4 Å². The summed E-state index contributed by atoms with van der Waals surface area (Å²) in [6, 6.07) is 1.91. The van der Waals surface area contributed by atoms with Crippen LogP contribution in [0, 0.1) is 13.8 Å². The van der Waals surface area contributed by atoms with Crippen molar-refractivity contribution in [3.63, 3.8) is 0 Å². The SMILES string of the molecule is COCC(C)n1c(C)cc(C(=O)COC(=O)CCn2cnc3sc4c(c3c2=O)CCCC4)c1C. The first kappa shape index (κ1) is 24.3. The Morgan fingerprint density at radius 1 is 1.24 bits per heavy atom. The van der Waals surface area contributed by atoms with Crippen molar-refractivity contribution in [3.8, 4) is 0 Å². The highest BCUT2D eigenvalue weighted by atomic mass is 32.1. The molecular formula is C25H31N3O5S. The highest BCUT2D eigenvalue weighted by Crippen LogP contribution is 2.33. The summed E-state index contributed by atoms with van der Waals surface area (Å²) in [5, 5.41) is 0.698. The summed E-state index contributed by atoms with van der Waals surface area (Å²) in [4.78, 5) is 44.5. The largest absolute Gasteiger partial charge is 0.457 e. The second-order valence-corrected chi connectivity index (χ2v) is 10.0. The zero-order valence-corrected chi connectivity index (χ0v) is 21.0. The van der Waals surface area contributed by atoms with Crippen LogP contribution < -0.4 is 5.56 Å². The van der Waals surface area contributed by atoms with Gasteiger partial charge in [-0.05, 0) is 58.1 Å². The van der Waals surface area contributed by atoms with E-state index in [0.29, 0.717) is 17.6 Å². The van der Waals surface area contributed by atoms with Crippen molar-refractivity contribution in [1.29, 1.82) is 0 Å². The van der Waals surface area contributed by atoms with Gasteiger partial charge in [-0.1, -0.05) is 0 Å². The van der Waals surface area contributed by atoms with Gasteiger partial charge in [0.25, 0.3) is 5.56 Å². The molecule has 3 heterocycles. The number of aromatic nitrogens is 3. The Bertz CT molecular complexity index is 1290. The van der Waals surface area contributed by atoms with Gasteiger partial charge in [-0.2, -0.15) is 0 Å². The van der Waals surface area contributed by atoms with Gasteiger partial charge in [0.2, 0.25) is 5.78 Å². The first-order valence-electron chi connectivity index (χ1n) is 11.7. The van der Waals surface area contributed by atoms with Gasteiger partial charge >= 0.3 is 5.97 Å². The molecule has 1 aliphatic rings. The molecule has 1 unspecified atom stereocenters. The number of esters is 1. The average molecular weight is 486 g/mol. The molecule has 9 heteroatoms. The fourth-order valence-corrected chi connectivity index (χ4v) is 6.12. The van der Waals surface area contributed by atoms with Crippen molar-refractivity contribution in [2.45, 2.75) is 65.5 Å². The number of rotatable bonds is 9. The number of fused-ring (bicyclic) bond motifs is 3. The number of aryl methyl sites for hydroxylation is 4. The fraction of sp³-hybridized carbons (Fsp3) is 0.520. The molecule has 0 aromatic carbocycles. The Kier molecular flexibility index (Phi) is 7.33. The predicted molar refractivity (Wildman–Crippen MR) is 131 cm³/mol. The maximum absolute atomic E-state index is 13.0. The zero-order chi connectivity index (χ0) is 24.4. The summed E-state index contributed by atoms with van der Waals surface area (Å²) in [7, 11) is 1.65. The molecule has 0 N–H and O–H groups in total. The van der Waals surface area contributed by atoms with Gasteiger partial charge in [-0.25, -0.2) is 4.98 Å². The Morgan fingerprint density at radius 2 is 2.00 bits per heavy atom. The minimum absolute atomic E-state index is 0.00338. The van der Waals surface area contributed by atoms with Gasteiger partial charge in [-0.15, -0.1) is 11.3 Å². The van der Waals surface area contributed by atoms with E-state index in [1.54, 1.807) is 18.4 Å². The van der Waals surface area contributed by atoms with Crippen LogP contribution >= 0.6 is 11.3 Å². The molecule has 8 nitrogen and oxygen atoms in total. The summed E-state index contributed by atoms with van der Waals surface area (Å²) in [6.07, 6.45) is 5.64. The van der Waals surface area contributed by atoms with Crippen LogP contribution in [0.25, 0.3) is 10.2 Å². The summed E-state index contributed by atoms with van der Waals surface area (Å²) in [5.74, 6) is -0.767. The van der Waals surface area contributed by atoms with Crippen LogP contribution in [-0.2, 0) is 33.7 Å². The van der Waals surface area contributed by atoms with Crippen LogP contribution in [0.5, 0.6) is 0 Å². The number of thiophene rings is 1. The number of carbonyl (C=O) groups is 2. The van der Waals surface area contributed by atoms with Gasteiger partial charge in [0.1, 0.15) is 4.83 Å². The lowest BCUT2D eigenvalue weighted by molar-refractivity contribution is -0.142. The number of hydrogen-bond donors (Lipinski definition) is 0. The molecule has 0 saturated carbocycles. The van der Waals surface area contributed by atoms with Gasteiger partial charge in [0.05, 0.1) is 30.8 Å². The molecule has 0 aliphatic heterocycles. The maximum Gasteiger partial charge on any atom is 0.308 e. The Hall–Kier alpha value is -2.78. The number of ether oxygens (including phenoxy) is 2. The van der Waals surface area contributed by atoms with E-state index in [4.69, 9.17) is 9.47 Å². The van der Waals surface area contributed by atoms with E-state index < -0.39 is 5.97 Å². The molecular weight excluding hydrogens is 454 g/mol. The van der Waals surface area contributed by atoms with Gasteiger partial charge < -0.3 is 14.0 Å². The molecule has 0 spiro atoms. The average Bonchev–Trinajstić information content (AvgIpc) is 3.34. The predicted octanol–water partition coefficient (Wildman–Crippen LogP) is 3.78. The van der Waals surface area contributed by atoms with Crippen LogP contribution in [0.3, 0.4) is 0 Å². The van der Waals surface area contributed by atoms with Crippen LogP contribution in [0.15, 0.2) is 17.2 Å². The zero-order valence-electron chi connectivity index (χ0n) is 20.2. The van der Waals surface area contributed by atoms with Crippen molar-refractivity contribution < 1.29 is 19.1 Å². The third-order valence-corrected chi connectivity index (χ3v) is 7.70. The highest BCUT2D eigenvalue weighted by Gasteiger charge is 2.21. The monoisotopic (exact) mass is 485 g/mol. The standard InChI is InChI=1S/C25H31N3O5S/c1-15-11-19(17(3)28(15)16(2)12-32-4)20(29)13-33-22(30)9-10-27-14-26-24-23(25(27)31)18-7-5-6-8-21(18)34-24/h11,14,16H,5-10,12-13H2,1-4H3. The molecule has 4 rings (SSSR count). The highest BCUT2D eigenvalue weighted by molar-refractivity contribution is 7.18. The van der Waals surface area contributed by atoms with Crippen molar-refractivity contribution in [3.05, 3.63) is 50.1 Å². The van der Waals surface area contributed by atoms with Crippen LogP contribution in [0.4, 0.5) is 0 Å². The Morgan fingerprint density at radius 3 is 2.76 bits per heavy atom. The Balaban J connectivity index is 1.37. The number of nitrogens with zero attached hydrogens (tertiary/aromatic N) is 3. The third kappa shape index (κ3) is 4.72. The third-order valence-electron chi connectivity index (χ3n) is 6.50. The number of hydrogen-bond acceptors (Lipinski definition) is 7. The summed E-state index contributed by atoms with van der Waals surface area (Å²) in [6.45, 7) is 6.22. The van der Waals surface area contributed by atoms with Crippen LogP contribution in [0.1, 0.15) is 64.4 Å². The van der Waals surface area contributed by atoms with Crippen LogP contribution in [-0.4, -0.2) is 46.2 Å². The molecule has 3 aromatic rings. The van der Waals surface area contributed by atoms with Crippen molar-refractivity contribution in [2.24, 2.45) is 0 Å². The second-order valence-electron chi connectivity index (χ2n) is 8.93. The molecule has 0 amide bonds. The molecule has 1 aliphatic carbocycles. The van der Waals surface area contributed by atoms with Crippen molar-refractivity contribution in [1.82, 2.24) is 14.1 Å². The summed E-state index contributed by atoms with van der Waals surface area (Å²) in [5.41, 5.74) is 3.35. The van der Waals surface area contributed by atoms with E-state index in [1.165, 1.54) is 15.8 Å². The summed E-state index contributed by atoms with van der Waals surface area (Å²) >= 11 is 1.60. The lowest BCUT2D eigenvalue weighted by Gasteiger charge is -2.17. The molecule has 1 atom stereocenters. The molecule has 0 saturated heterocycles. The normalized spacial score (nSPS) is 14.2. The van der Waals surface area contributed by atoms with Gasteiger partial charge in [-0.3, -0.25) is 19.0 Å². The maximum atomic E-state index is 13.0. The van der Waals surface area contributed by atoms with Crippen molar-refractivity contribution >= 4 is 33.3 Å². The minimum Gasteiger partial charge on any atom is -0.457 e. The van der Waals surface area contributed by atoms with Crippen molar-refractivity contribution in [2.75, 3.05) is 20.3 Å². The van der Waals surface area contributed by atoms with Gasteiger partial charge in [0, 0.05) is 35.5 Å². The first-order chi connectivity index (χ1) is 16.3. The minimum atomic E-state index is -0.519. The van der Waals surface area contributed by atoms with Crippen LogP contribution in [0.2, 0.25) is 0 Å². The van der Waals surface area contributed by atoms with Gasteiger partial charge in [0.15, 0.2) is 6.61 Å². The van der Waals surface area contributed by atoms with E-state index in [-0.39, 0.29) is 37.0 Å². The Labute approximate surface area is 202 Å². The number of carbonyl (C=O) groups excluding carboxylic acids is 2. The molecule has 0 bridgehead atoms. The number of Topliss-reactive ketones (excluding diaryl/α,β-unsaturated/α-hetero) is 1. The van der Waals surface area contributed by atoms with E-state index in [9.17, 15) is 14.4 Å². The van der Waals surface area contributed by atoms with E-state index in [0.717, 1.165) is 47.5 Å². The lowest BCUT2D eigenvalue weighted by Crippen LogP contribution is -2.23. The second kappa shape index (κ2) is 10.2. The van der Waals surface area contributed by atoms with E-state index >= 15 is 0 Å². The quantitative estimate of drug-likeness (QED) is 0.338. The lowest BCUT2D eigenvalue weighted by atomic mass is 9.97. The smallest absolute Gasteiger partial charge is 0.308 e. The molecule has 34 heavy (non-hydrogen) atoms. The fourth-order valence-electron chi connectivity index (χ4n) is 4.90. The molecule has 0 radical (unpaired) electrons. The molecule has 182 valence electrons. The molecule has 3 aromatic heterocycles. The van der Waals surface area contributed by atoms with E-state index in [2.05, 4.69) is 9.55 Å². The number of ketones is 1. The summed E-state index contributed by atoms with van der Waals surface area (Å²) < 4.78 is 14.0. The first-order valence-corrected chi connectivity index (χ1v) is 12.5.